The molecule has 3 rings (SSSR count). The lowest BCUT2D eigenvalue weighted by molar-refractivity contribution is 0.0704. The molecule has 6 heteroatoms. The van der Waals surface area contributed by atoms with Gasteiger partial charge in [0, 0.05) is 18.0 Å². The van der Waals surface area contributed by atoms with Crippen molar-refractivity contribution in [2.45, 2.75) is 26.3 Å². The molecule has 130 valence electrons. The van der Waals surface area contributed by atoms with Crippen molar-refractivity contribution in [2.24, 2.45) is 0 Å². The Hall–Kier alpha value is -2.76. The highest BCUT2D eigenvalue weighted by Gasteiger charge is 2.22. The molecule has 0 fully saturated rings. The Kier molecular flexibility index (Phi) is 4.79. The van der Waals surface area contributed by atoms with Crippen LogP contribution >= 0.6 is 0 Å². The molecule has 0 aliphatic rings. The first-order valence-electron chi connectivity index (χ1n) is 8.07. The highest BCUT2D eigenvalue weighted by molar-refractivity contribution is 5.94. The third kappa shape index (κ3) is 3.52. The minimum absolute atomic E-state index is 0.225. The number of nitrogens with zero attached hydrogens (tertiary/aromatic N) is 2. The van der Waals surface area contributed by atoms with Gasteiger partial charge in [-0.3, -0.25) is 9.36 Å². The fourth-order valence-electron chi connectivity index (χ4n) is 2.76. The topological polar surface area (TPSA) is 46.9 Å². The number of aryl methyl sites for hydroxylation is 1. The first-order valence-corrected chi connectivity index (χ1v) is 8.07. The van der Waals surface area contributed by atoms with E-state index in [0.717, 1.165) is 10.1 Å². The zero-order chi connectivity index (χ0) is 18.0. The Morgan fingerprint density at radius 1 is 1.16 bits per heavy atom. The number of amides is 1. The number of hydrogen-bond acceptors (Lipinski definition) is 2. The van der Waals surface area contributed by atoms with Crippen molar-refractivity contribution >= 4 is 16.9 Å². The van der Waals surface area contributed by atoms with Crippen molar-refractivity contribution in [1.82, 2.24) is 14.9 Å². The largest absolute Gasteiger partial charge is 0.351 e. The fourth-order valence-corrected chi connectivity index (χ4v) is 2.76. The van der Waals surface area contributed by atoms with Gasteiger partial charge in [0.05, 0.1) is 11.0 Å². The van der Waals surface area contributed by atoms with E-state index < -0.39 is 6.55 Å². The van der Waals surface area contributed by atoms with Crippen molar-refractivity contribution in [2.75, 3.05) is 6.54 Å². The zero-order valence-electron chi connectivity index (χ0n) is 14.0. The number of nitrogens with one attached hydrogen (secondary N) is 1. The molecule has 0 aliphatic carbocycles. The molecule has 0 radical (unpaired) electrons. The maximum Gasteiger partial charge on any atom is 0.320 e. The number of rotatable bonds is 5. The third-order valence-electron chi connectivity index (χ3n) is 4.14. The minimum Gasteiger partial charge on any atom is -0.351 e. The van der Waals surface area contributed by atoms with Crippen LogP contribution < -0.4 is 5.32 Å². The monoisotopic (exact) mass is 343 g/mol. The van der Waals surface area contributed by atoms with Gasteiger partial charge in [-0.05, 0) is 31.2 Å². The van der Waals surface area contributed by atoms with Crippen LogP contribution in [0.2, 0.25) is 0 Å². The molecule has 1 heterocycles. The first-order chi connectivity index (χ1) is 12.0. The Balaban J connectivity index is 1.78. The summed E-state index contributed by atoms with van der Waals surface area (Å²) in [5, 5.41) is 2.79. The molecule has 0 aliphatic heterocycles. The molecule has 0 saturated carbocycles. The van der Waals surface area contributed by atoms with Gasteiger partial charge in [-0.2, -0.15) is 8.78 Å². The van der Waals surface area contributed by atoms with Gasteiger partial charge < -0.3 is 5.32 Å². The van der Waals surface area contributed by atoms with Gasteiger partial charge in [0.2, 0.25) is 0 Å². The molecule has 25 heavy (non-hydrogen) atoms. The van der Waals surface area contributed by atoms with Crippen molar-refractivity contribution in [3.05, 3.63) is 65.5 Å². The van der Waals surface area contributed by atoms with Gasteiger partial charge in [0.25, 0.3) is 5.91 Å². The van der Waals surface area contributed by atoms with Gasteiger partial charge in [-0.25, -0.2) is 4.98 Å². The van der Waals surface area contributed by atoms with E-state index in [1.807, 2.05) is 19.1 Å². The highest BCUT2D eigenvalue weighted by Crippen LogP contribution is 2.27. The fraction of sp³-hybridized carbons (Fsp3) is 0.263. The summed E-state index contributed by atoms with van der Waals surface area (Å²) in [6, 6.07) is 14.0. The molecule has 1 aromatic heterocycles. The van der Waals surface area contributed by atoms with Crippen molar-refractivity contribution < 1.29 is 13.6 Å². The van der Waals surface area contributed by atoms with Crippen LogP contribution in [0.4, 0.5) is 8.78 Å². The summed E-state index contributed by atoms with van der Waals surface area (Å²) in [4.78, 5) is 16.5. The summed E-state index contributed by atoms with van der Waals surface area (Å²) in [5.74, 6) is -0.317. The number of fused-ring (bicyclic) bond motifs is 1. The quantitative estimate of drug-likeness (QED) is 0.752. The van der Waals surface area contributed by atoms with E-state index in [1.165, 1.54) is 0 Å². The first kappa shape index (κ1) is 17.1. The lowest BCUT2D eigenvalue weighted by Gasteiger charge is -2.15. The van der Waals surface area contributed by atoms with Gasteiger partial charge in [0.1, 0.15) is 5.82 Å². The molecule has 4 nitrogen and oxygen atoms in total. The van der Waals surface area contributed by atoms with Gasteiger partial charge >= 0.3 is 6.55 Å². The summed E-state index contributed by atoms with van der Waals surface area (Å²) in [5.41, 5.74) is 2.52. The van der Waals surface area contributed by atoms with E-state index in [2.05, 4.69) is 10.3 Å². The summed E-state index contributed by atoms with van der Waals surface area (Å²) in [6.07, 6.45) is 0. The molecule has 1 atom stereocenters. The van der Waals surface area contributed by atoms with E-state index in [4.69, 9.17) is 0 Å². The molecule has 0 saturated heterocycles. The summed E-state index contributed by atoms with van der Waals surface area (Å²) in [6.45, 7) is 1.26. The summed E-state index contributed by atoms with van der Waals surface area (Å²) >= 11 is 0. The molecule has 1 amide bonds. The smallest absolute Gasteiger partial charge is 0.320 e. The molecule has 0 unspecified atom stereocenters. The van der Waals surface area contributed by atoms with E-state index >= 15 is 0 Å². The second kappa shape index (κ2) is 7.01. The molecule has 0 spiro atoms. The van der Waals surface area contributed by atoms with Crippen LogP contribution in [-0.4, -0.2) is 22.0 Å². The third-order valence-corrected chi connectivity index (χ3v) is 4.14. The molecule has 1 N–H and O–H groups in total. The van der Waals surface area contributed by atoms with E-state index in [-0.39, 0.29) is 24.2 Å². The second-order valence-electron chi connectivity index (χ2n) is 6.08. The number of imidazole rings is 1. The number of para-hydroxylation sites is 2. The van der Waals surface area contributed by atoms with Crippen LogP contribution in [0.1, 0.15) is 41.1 Å². The highest BCUT2D eigenvalue weighted by atomic mass is 19.3. The average molecular weight is 343 g/mol. The number of aromatic nitrogens is 2. The number of hydrogen-bond donors (Lipinski definition) is 1. The zero-order valence-corrected chi connectivity index (χ0v) is 14.0. The summed E-state index contributed by atoms with van der Waals surface area (Å²) in [7, 11) is 0. The second-order valence-corrected chi connectivity index (χ2v) is 6.08. The van der Waals surface area contributed by atoms with E-state index in [1.54, 1.807) is 43.3 Å². The Labute approximate surface area is 144 Å². The maximum atomic E-state index is 13.5. The lowest BCUT2D eigenvalue weighted by atomic mass is 10.1. The molecule has 3 aromatic rings. The Morgan fingerprint density at radius 2 is 1.84 bits per heavy atom. The lowest BCUT2D eigenvalue weighted by Crippen LogP contribution is -2.28. The van der Waals surface area contributed by atoms with Gasteiger partial charge in [0.15, 0.2) is 0 Å². The Bertz CT molecular complexity index is 887. The van der Waals surface area contributed by atoms with Crippen LogP contribution in [0.5, 0.6) is 0 Å². The van der Waals surface area contributed by atoms with Crippen LogP contribution in [0, 0.1) is 6.92 Å². The standard InChI is InChI=1S/C19H19F2N3O/c1-12-7-9-14(10-8-12)18(25)22-11-13(2)17-23-15-5-3-4-6-16(15)24(17)19(20)21/h3-10,13,19H,11H2,1-2H3,(H,22,25)/t13-/m1/s1. The molecular formula is C19H19F2N3O. The van der Waals surface area contributed by atoms with Gasteiger partial charge in [-0.15, -0.1) is 0 Å². The number of alkyl halides is 2. The van der Waals surface area contributed by atoms with Crippen LogP contribution in [0.15, 0.2) is 48.5 Å². The number of halogens is 2. The number of benzene rings is 2. The predicted molar refractivity (Wildman–Crippen MR) is 92.9 cm³/mol. The maximum absolute atomic E-state index is 13.5. The van der Waals surface area contributed by atoms with E-state index in [0.29, 0.717) is 16.6 Å². The normalized spacial score (nSPS) is 12.5. The summed E-state index contributed by atoms with van der Waals surface area (Å²) < 4.78 is 27.9. The van der Waals surface area contributed by atoms with E-state index in [9.17, 15) is 13.6 Å². The number of carbonyl (C=O) groups is 1. The minimum atomic E-state index is -2.68. The van der Waals surface area contributed by atoms with Crippen LogP contribution in [0.25, 0.3) is 11.0 Å². The van der Waals surface area contributed by atoms with Crippen molar-refractivity contribution in [3.8, 4) is 0 Å². The van der Waals surface area contributed by atoms with Gasteiger partial charge in [-0.1, -0.05) is 36.8 Å². The molecular weight excluding hydrogens is 324 g/mol. The molecule has 2 aromatic carbocycles. The van der Waals surface area contributed by atoms with Crippen LogP contribution in [0.3, 0.4) is 0 Å². The predicted octanol–water partition coefficient (Wildman–Crippen LogP) is 4.27. The Morgan fingerprint density at radius 3 is 2.52 bits per heavy atom. The van der Waals surface area contributed by atoms with Crippen LogP contribution in [-0.2, 0) is 0 Å². The average Bonchev–Trinajstić information content (AvgIpc) is 2.99. The SMILES string of the molecule is Cc1ccc(C(=O)NC[C@@H](C)c2nc3ccccc3n2C(F)F)cc1. The number of carbonyl (C=O) groups excluding carboxylic acids is 1. The van der Waals surface area contributed by atoms with Crippen molar-refractivity contribution in [1.29, 1.82) is 0 Å². The van der Waals surface area contributed by atoms with Crippen molar-refractivity contribution in [3.63, 3.8) is 0 Å². The molecule has 0 bridgehead atoms.